The molecule has 2 aromatic heterocycles. The number of halogens is 3. The zero-order valence-electron chi connectivity index (χ0n) is 14.2. The number of aromatic nitrogens is 1. The van der Waals surface area contributed by atoms with Crippen molar-refractivity contribution < 1.29 is 27.2 Å². The molecule has 3 saturated heterocycles. The van der Waals surface area contributed by atoms with Gasteiger partial charge in [0.05, 0.1) is 11.9 Å². The van der Waals surface area contributed by atoms with Crippen molar-refractivity contribution in [2.24, 2.45) is 5.92 Å². The summed E-state index contributed by atoms with van der Waals surface area (Å²) in [6, 6.07) is 1.35. The highest BCUT2D eigenvalue weighted by atomic mass is 19.4. The second-order valence-electron chi connectivity index (χ2n) is 6.88. The van der Waals surface area contributed by atoms with Gasteiger partial charge < -0.3 is 20.0 Å². The molecular formula is C17H17F3N4O3. The Bertz CT molecular complexity index is 887. The van der Waals surface area contributed by atoms with Crippen molar-refractivity contribution >= 4 is 28.5 Å². The lowest BCUT2D eigenvalue weighted by molar-refractivity contribution is -0.167. The van der Waals surface area contributed by atoms with E-state index in [9.17, 15) is 22.8 Å². The molecule has 3 aliphatic rings. The van der Waals surface area contributed by atoms with Crippen molar-refractivity contribution in [2.45, 2.75) is 25.1 Å². The van der Waals surface area contributed by atoms with Crippen molar-refractivity contribution in [3.63, 3.8) is 0 Å². The van der Waals surface area contributed by atoms with Crippen LogP contribution in [-0.4, -0.2) is 53.6 Å². The largest absolute Gasteiger partial charge is 0.471 e. The summed E-state index contributed by atoms with van der Waals surface area (Å²) in [7, 11) is 0. The van der Waals surface area contributed by atoms with E-state index in [2.05, 4.69) is 15.2 Å². The number of hydrogen-bond donors (Lipinski definition) is 2. The Morgan fingerprint density at radius 2 is 2.00 bits per heavy atom. The summed E-state index contributed by atoms with van der Waals surface area (Å²) >= 11 is 0. The van der Waals surface area contributed by atoms with Gasteiger partial charge in [-0.2, -0.15) is 13.2 Å². The van der Waals surface area contributed by atoms with E-state index in [1.165, 1.54) is 12.3 Å². The molecule has 5 rings (SSSR count). The minimum absolute atomic E-state index is 0.0336. The third kappa shape index (κ3) is 3.48. The maximum atomic E-state index is 12.6. The number of carbonyl (C=O) groups excluding carboxylic acids is 2. The molecule has 2 bridgehead atoms. The van der Waals surface area contributed by atoms with Gasteiger partial charge in [0.1, 0.15) is 12.0 Å². The van der Waals surface area contributed by atoms with Gasteiger partial charge in [-0.25, -0.2) is 4.98 Å². The quantitative estimate of drug-likeness (QED) is 0.850. The minimum atomic E-state index is -5.02. The molecular weight excluding hydrogens is 365 g/mol. The van der Waals surface area contributed by atoms with E-state index < -0.39 is 18.0 Å². The first kappa shape index (κ1) is 17.8. The Labute approximate surface area is 151 Å². The first-order chi connectivity index (χ1) is 12.8. The Balaban J connectivity index is 1.53. The van der Waals surface area contributed by atoms with Gasteiger partial charge in [-0.1, -0.05) is 0 Å². The van der Waals surface area contributed by atoms with Crippen molar-refractivity contribution in [2.75, 3.05) is 25.0 Å². The van der Waals surface area contributed by atoms with Crippen molar-refractivity contribution in [1.29, 1.82) is 0 Å². The van der Waals surface area contributed by atoms with E-state index in [4.69, 9.17) is 4.42 Å². The lowest BCUT2D eigenvalue weighted by Gasteiger charge is -2.44. The SMILES string of the molecule is O=C(N[C@H]1CN2CCC1CC2)c1cc2c(NC(=O)C(F)(F)F)coc2cn1. The fourth-order valence-corrected chi connectivity index (χ4v) is 3.72. The summed E-state index contributed by atoms with van der Waals surface area (Å²) in [6.45, 7) is 2.87. The number of nitrogens with one attached hydrogen (secondary N) is 2. The lowest BCUT2D eigenvalue weighted by Crippen LogP contribution is -2.57. The topological polar surface area (TPSA) is 87.5 Å². The molecule has 0 aliphatic carbocycles. The number of amides is 2. The summed E-state index contributed by atoms with van der Waals surface area (Å²) in [4.78, 5) is 30.0. The molecule has 1 atom stereocenters. The van der Waals surface area contributed by atoms with Crippen LogP contribution in [0.25, 0.3) is 11.0 Å². The Morgan fingerprint density at radius 3 is 2.63 bits per heavy atom. The summed E-state index contributed by atoms with van der Waals surface area (Å²) in [5, 5.41) is 4.90. The highest BCUT2D eigenvalue weighted by Crippen LogP contribution is 2.29. The highest BCUT2D eigenvalue weighted by molar-refractivity contribution is 6.04. The van der Waals surface area contributed by atoms with Gasteiger partial charge in [0.25, 0.3) is 5.91 Å². The maximum absolute atomic E-state index is 12.6. The van der Waals surface area contributed by atoms with Crippen molar-refractivity contribution in [1.82, 2.24) is 15.2 Å². The van der Waals surface area contributed by atoms with Gasteiger partial charge in [-0.05, 0) is 37.9 Å². The number of nitrogens with zero attached hydrogens (tertiary/aromatic N) is 2. The van der Waals surface area contributed by atoms with Gasteiger partial charge in [-0.3, -0.25) is 9.59 Å². The van der Waals surface area contributed by atoms with Crippen LogP contribution in [0.1, 0.15) is 23.3 Å². The molecule has 0 saturated carbocycles. The van der Waals surface area contributed by atoms with Crippen LogP contribution in [-0.2, 0) is 4.79 Å². The predicted molar refractivity (Wildman–Crippen MR) is 89.1 cm³/mol. The average molecular weight is 382 g/mol. The molecule has 10 heteroatoms. The number of carbonyl (C=O) groups is 2. The van der Waals surface area contributed by atoms with Crippen LogP contribution in [0.2, 0.25) is 0 Å². The zero-order valence-corrected chi connectivity index (χ0v) is 14.2. The molecule has 27 heavy (non-hydrogen) atoms. The Kier molecular flexibility index (Phi) is 4.29. The standard InChI is InChI=1S/C17H17F3N4O3/c18-17(19,20)16(26)23-13-8-27-14-6-21-11(5-10(13)14)15(25)22-12-7-24-3-1-9(12)2-4-24/h5-6,8-9,12H,1-4,7H2,(H,22,25)(H,23,26)/t12-/m0/s1. The predicted octanol–water partition coefficient (Wildman–Crippen LogP) is 2.15. The zero-order chi connectivity index (χ0) is 19.2. The fraction of sp³-hybridized carbons (Fsp3) is 0.471. The van der Waals surface area contributed by atoms with E-state index in [0.717, 1.165) is 38.7 Å². The van der Waals surface area contributed by atoms with Crippen LogP contribution in [0.3, 0.4) is 0 Å². The normalized spacial score (nSPS) is 24.8. The van der Waals surface area contributed by atoms with Gasteiger partial charge in [0.15, 0.2) is 5.58 Å². The number of hydrogen-bond acceptors (Lipinski definition) is 5. The molecule has 2 N–H and O–H groups in total. The van der Waals surface area contributed by atoms with Crippen LogP contribution >= 0.6 is 0 Å². The number of rotatable bonds is 3. The van der Waals surface area contributed by atoms with E-state index in [1.54, 1.807) is 5.32 Å². The molecule has 5 heterocycles. The summed E-state index contributed by atoms with van der Waals surface area (Å²) in [5.41, 5.74) is 0.0707. The number of anilines is 1. The second-order valence-corrected chi connectivity index (χ2v) is 6.88. The van der Waals surface area contributed by atoms with E-state index in [0.29, 0.717) is 5.92 Å². The third-order valence-corrected chi connectivity index (χ3v) is 5.17. The van der Waals surface area contributed by atoms with Gasteiger partial charge in [0.2, 0.25) is 0 Å². The number of alkyl halides is 3. The van der Waals surface area contributed by atoms with Crippen LogP contribution in [0.5, 0.6) is 0 Å². The summed E-state index contributed by atoms with van der Waals surface area (Å²) in [5.74, 6) is -2.08. The number of furan rings is 1. The molecule has 0 unspecified atom stereocenters. The molecule has 3 fully saturated rings. The first-order valence-electron chi connectivity index (χ1n) is 8.60. The van der Waals surface area contributed by atoms with Gasteiger partial charge in [0, 0.05) is 18.0 Å². The second kappa shape index (κ2) is 6.52. The summed E-state index contributed by atoms with van der Waals surface area (Å²) in [6.07, 6.45) is -0.707. The highest BCUT2D eigenvalue weighted by Gasteiger charge is 2.39. The molecule has 7 nitrogen and oxygen atoms in total. The van der Waals surface area contributed by atoms with Crippen molar-refractivity contribution in [3.8, 4) is 0 Å². The van der Waals surface area contributed by atoms with Gasteiger partial charge >= 0.3 is 12.1 Å². The average Bonchev–Trinajstić information content (AvgIpc) is 3.04. The Morgan fingerprint density at radius 1 is 1.26 bits per heavy atom. The molecule has 0 spiro atoms. The van der Waals surface area contributed by atoms with Crippen LogP contribution in [0.15, 0.2) is 22.9 Å². The molecule has 2 aromatic rings. The molecule has 3 aliphatic heterocycles. The monoisotopic (exact) mass is 382 g/mol. The van der Waals surface area contributed by atoms with Crippen molar-refractivity contribution in [3.05, 3.63) is 24.2 Å². The van der Waals surface area contributed by atoms with Crippen LogP contribution in [0.4, 0.5) is 18.9 Å². The fourth-order valence-electron chi connectivity index (χ4n) is 3.72. The van der Waals surface area contributed by atoms with E-state index in [1.807, 2.05) is 0 Å². The first-order valence-corrected chi connectivity index (χ1v) is 8.60. The smallest absolute Gasteiger partial charge is 0.460 e. The lowest BCUT2D eigenvalue weighted by atomic mass is 9.84. The molecule has 2 amide bonds. The maximum Gasteiger partial charge on any atom is 0.471 e. The minimum Gasteiger partial charge on any atom is -0.460 e. The Hall–Kier alpha value is -2.62. The number of piperidine rings is 3. The molecule has 0 radical (unpaired) electrons. The molecule has 144 valence electrons. The van der Waals surface area contributed by atoms with E-state index >= 15 is 0 Å². The van der Waals surface area contributed by atoms with Gasteiger partial charge in [-0.15, -0.1) is 0 Å². The van der Waals surface area contributed by atoms with Crippen LogP contribution < -0.4 is 10.6 Å². The third-order valence-electron chi connectivity index (χ3n) is 5.17. The number of pyridine rings is 1. The van der Waals surface area contributed by atoms with Crippen LogP contribution in [0, 0.1) is 5.92 Å². The molecule has 0 aromatic carbocycles. The number of fused-ring (bicyclic) bond motifs is 4. The van der Waals surface area contributed by atoms with E-state index in [-0.39, 0.29) is 28.4 Å². The summed E-state index contributed by atoms with van der Waals surface area (Å²) < 4.78 is 42.5.